The fourth-order valence-corrected chi connectivity index (χ4v) is 1.35. The van der Waals surface area contributed by atoms with Crippen LogP contribution in [0.4, 0.5) is 0 Å². The molecule has 0 aliphatic carbocycles. The van der Waals surface area contributed by atoms with E-state index in [9.17, 15) is 4.79 Å². The molecule has 0 aromatic carbocycles. The van der Waals surface area contributed by atoms with Crippen LogP contribution in [0.5, 0.6) is 0 Å². The Balaban J connectivity index is 0.000000921. The minimum Gasteiger partial charge on any atom is -0.462 e. The van der Waals surface area contributed by atoms with Gasteiger partial charge in [0.2, 0.25) is 0 Å². The minimum absolute atomic E-state index is 0.00424. The van der Waals surface area contributed by atoms with Gasteiger partial charge >= 0.3 is 5.97 Å². The number of carbonyl (C=O) groups excluding carboxylic acids is 1. The Morgan fingerprint density at radius 3 is 2.33 bits per heavy atom. The maximum absolute atomic E-state index is 11.2. The van der Waals surface area contributed by atoms with Gasteiger partial charge in [-0.2, -0.15) is 0 Å². The average molecular weight is 216 g/mol. The van der Waals surface area contributed by atoms with Gasteiger partial charge in [0.25, 0.3) is 0 Å². The molecule has 0 saturated carbocycles. The number of rotatable bonds is 3. The van der Waals surface area contributed by atoms with Crippen LogP contribution in [0.15, 0.2) is 0 Å². The fourth-order valence-electron chi connectivity index (χ4n) is 1.35. The van der Waals surface area contributed by atoms with Crippen LogP contribution in [0.2, 0.25) is 0 Å². The lowest BCUT2D eigenvalue weighted by molar-refractivity contribution is -0.148. The molecule has 0 aromatic heterocycles. The molecule has 1 N–H and O–H groups in total. The summed E-state index contributed by atoms with van der Waals surface area (Å²) in [7, 11) is 0. The number of ether oxygens (including phenoxy) is 1. The standard InChI is InChI=1S/C9H18N2O2.C2H6/c1-8(2)13-9(12)7-11-5-3-10-4-6-11;1-2/h8,10H,3-7H2,1-2H3;1-2H3. The van der Waals surface area contributed by atoms with Gasteiger partial charge in [0.05, 0.1) is 12.6 Å². The van der Waals surface area contributed by atoms with Crippen molar-refractivity contribution in [3.8, 4) is 0 Å². The summed E-state index contributed by atoms with van der Waals surface area (Å²) in [4.78, 5) is 13.3. The van der Waals surface area contributed by atoms with Crippen molar-refractivity contribution in [1.29, 1.82) is 0 Å². The van der Waals surface area contributed by atoms with E-state index in [1.54, 1.807) is 0 Å². The van der Waals surface area contributed by atoms with Gasteiger partial charge in [-0.25, -0.2) is 0 Å². The molecule has 4 nitrogen and oxygen atoms in total. The van der Waals surface area contributed by atoms with Crippen molar-refractivity contribution in [2.24, 2.45) is 0 Å². The van der Waals surface area contributed by atoms with E-state index in [0.717, 1.165) is 26.2 Å². The molecular formula is C11H24N2O2. The Morgan fingerprint density at radius 1 is 1.33 bits per heavy atom. The average Bonchev–Trinajstić information content (AvgIpc) is 2.21. The van der Waals surface area contributed by atoms with Crippen molar-refractivity contribution in [3.63, 3.8) is 0 Å². The lowest BCUT2D eigenvalue weighted by Crippen LogP contribution is -2.45. The number of nitrogens with zero attached hydrogens (tertiary/aromatic N) is 1. The number of nitrogens with one attached hydrogen (secondary N) is 1. The number of carbonyl (C=O) groups is 1. The fraction of sp³-hybridized carbons (Fsp3) is 0.909. The normalized spacial score (nSPS) is 16.9. The Morgan fingerprint density at radius 2 is 1.87 bits per heavy atom. The first-order valence-corrected chi connectivity index (χ1v) is 5.81. The van der Waals surface area contributed by atoms with Crippen molar-refractivity contribution in [3.05, 3.63) is 0 Å². The van der Waals surface area contributed by atoms with Crippen molar-refractivity contribution >= 4 is 5.97 Å². The summed E-state index contributed by atoms with van der Waals surface area (Å²) in [6, 6.07) is 0. The molecule has 90 valence electrons. The van der Waals surface area contributed by atoms with Gasteiger partial charge in [0.15, 0.2) is 0 Å². The second kappa shape index (κ2) is 8.68. The first-order valence-electron chi connectivity index (χ1n) is 5.81. The quantitative estimate of drug-likeness (QED) is 0.711. The summed E-state index contributed by atoms with van der Waals surface area (Å²) >= 11 is 0. The summed E-state index contributed by atoms with van der Waals surface area (Å²) in [5, 5.41) is 3.23. The van der Waals surface area contributed by atoms with Gasteiger partial charge in [-0.3, -0.25) is 9.69 Å². The van der Waals surface area contributed by atoms with E-state index >= 15 is 0 Å². The van der Waals surface area contributed by atoms with E-state index in [2.05, 4.69) is 10.2 Å². The summed E-state index contributed by atoms with van der Waals surface area (Å²) < 4.78 is 5.05. The topological polar surface area (TPSA) is 41.6 Å². The van der Waals surface area contributed by atoms with Gasteiger partial charge in [-0.15, -0.1) is 0 Å². The molecule has 0 radical (unpaired) electrons. The summed E-state index contributed by atoms with van der Waals surface area (Å²) in [6.45, 7) is 12.0. The van der Waals surface area contributed by atoms with Crippen LogP contribution in [-0.4, -0.2) is 49.7 Å². The minimum atomic E-state index is -0.114. The van der Waals surface area contributed by atoms with Crippen LogP contribution in [0.25, 0.3) is 0 Å². The number of piperazine rings is 1. The molecular weight excluding hydrogens is 192 g/mol. The van der Waals surface area contributed by atoms with Crippen LogP contribution in [0, 0.1) is 0 Å². The number of hydrogen-bond acceptors (Lipinski definition) is 4. The Labute approximate surface area is 93.0 Å². The van der Waals surface area contributed by atoms with Gasteiger partial charge in [0.1, 0.15) is 0 Å². The van der Waals surface area contributed by atoms with Crippen LogP contribution >= 0.6 is 0 Å². The van der Waals surface area contributed by atoms with Gasteiger partial charge in [-0.05, 0) is 13.8 Å². The number of esters is 1. The first-order chi connectivity index (χ1) is 7.18. The molecule has 1 fully saturated rings. The zero-order chi connectivity index (χ0) is 11.7. The highest BCUT2D eigenvalue weighted by Gasteiger charge is 2.14. The molecule has 0 spiro atoms. The zero-order valence-electron chi connectivity index (χ0n) is 10.4. The molecule has 0 unspecified atom stereocenters. The predicted octanol–water partition coefficient (Wildman–Crippen LogP) is 0.869. The molecule has 0 aromatic rings. The van der Waals surface area contributed by atoms with Gasteiger partial charge < -0.3 is 10.1 Å². The lowest BCUT2D eigenvalue weighted by atomic mass is 10.3. The summed E-state index contributed by atoms with van der Waals surface area (Å²) in [5.41, 5.74) is 0. The molecule has 15 heavy (non-hydrogen) atoms. The highest BCUT2D eigenvalue weighted by atomic mass is 16.5. The van der Waals surface area contributed by atoms with Crippen molar-refractivity contribution in [2.75, 3.05) is 32.7 Å². The Kier molecular flexibility index (Phi) is 8.33. The smallest absolute Gasteiger partial charge is 0.320 e. The third-order valence-corrected chi connectivity index (χ3v) is 1.93. The van der Waals surface area contributed by atoms with E-state index in [-0.39, 0.29) is 12.1 Å². The third kappa shape index (κ3) is 7.33. The van der Waals surface area contributed by atoms with Crippen molar-refractivity contribution in [2.45, 2.75) is 33.8 Å². The third-order valence-electron chi connectivity index (χ3n) is 1.93. The van der Waals surface area contributed by atoms with Gasteiger partial charge in [0, 0.05) is 26.2 Å². The maximum atomic E-state index is 11.2. The van der Waals surface area contributed by atoms with Crippen LogP contribution in [0.3, 0.4) is 0 Å². The molecule has 0 bridgehead atoms. The van der Waals surface area contributed by atoms with Crippen LogP contribution in [0.1, 0.15) is 27.7 Å². The SMILES string of the molecule is CC.CC(C)OC(=O)CN1CCNCC1. The molecule has 1 aliphatic rings. The number of hydrogen-bond donors (Lipinski definition) is 1. The van der Waals surface area contributed by atoms with Gasteiger partial charge in [-0.1, -0.05) is 13.8 Å². The first kappa shape index (κ1) is 14.4. The maximum Gasteiger partial charge on any atom is 0.320 e. The second-order valence-corrected chi connectivity index (χ2v) is 3.56. The highest BCUT2D eigenvalue weighted by Crippen LogP contribution is 1.95. The van der Waals surface area contributed by atoms with Crippen molar-refractivity contribution in [1.82, 2.24) is 10.2 Å². The van der Waals surface area contributed by atoms with E-state index in [1.165, 1.54) is 0 Å². The van der Waals surface area contributed by atoms with E-state index in [0.29, 0.717) is 6.54 Å². The molecule has 1 saturated heterocycles. The van der Waals surface area contributed by atoms with Crippen LogP contribution in [-0.2, 0) is 9.53 Å². The largest absolute Gasteiger partial charge is 0.462 e. The molecule has 1 rings (SSSR count). The molecule has 1 aliphatic heterocycles. The molecule has 4 heteroatoms. The summed E-state index contributed by atoms with van der Waals surface area (Å²) in [5.74, 6) is -0.114. The van der Waals surface area contributed by atoms with E-state index in [4.69, 9.17) is 4.74 Å². The van der Waals surface area contributed by atoms with Crippen molar-refractivity contribution < 1.29 is 9.53 Å². The zero-order valence-corrected chi connectivity index (χ0v) is 10.4. The van der Waals surface area contributed by atoms with Crippen LogP contribution < -0.4 is 5.32 Å². The molecule has 0 amide bonds. The molecule has 1 heterocycles. The second-order valence-electron chi connectivity index (χ2n) is 3.56. The monoisotopic (exact) mass is 216 g/mol. The highest BCUT2D eigenvalue weighted by molar-refractivity contribution is 5.71. The van der Waals surface area contributed by atoms with E-state index in [1.807, 2.05) is 27.7 Å². The molecule has 0 atom stereocenters. The van der Waals surface area contributed by atoms with E-state index < -0.39 is 0 Å². The Hall–Kier alpha value is -0.610. The predicted molar refractivity (Wildman–Crippen MR) is 61.9 cm³/mol. The summed E-state index contributed by atoms with van der Waals surface area (Å²) in [6.07, 6.45) is -0.00424. The Bertz CT molecular complexity index is 166. The lowest BCUT2D eigenvalue weighted by Gasteiger charge is -2.26.